The van der Waals surface area contributed by atoms with Crippen LogP contribution in [0, 0.1) is 10.5 Å². The van der Waals surface area contributed by atoms with Gasteiger partial charge < -0.3 is 10.6 Å². The fourth-order valence-corrected chi connectivity index (χ4v) is 3.08. The third-order valence-electron chi connectivity index (χ3n) is 2.68. The first-order chi connectivity index (χ1) is 8.16. The maximum absolute atomic E-state index is 12.0. The first-order valence-electron chi connectivity index (χ1n) is 5.55. The van der Waals surface area contributed by atoms with Gasteiger partial charge in [-0.15, -0.1) is 0 Å². The molecule has 0 spiro atoms. The molecular formula is C12H15IN2OS. The third-order valence-corrected chi connectivity index (χ3v) is 4.90. The molecule has 2 rings (SSSR count). The Labute approximate surface area is 119 Å². The standard InChI is InChI=1S/C12H15IN2OS/c1-8-2-3-9(6-10(8)13)15-12(16)11-7-17-5-4-14-11/h2-3,6,11,14H,4-5,7H2,1H3,(H,15,16). The van der Waals surface area contributed by atoms with Gasteiger partial charge in [-0.1, -0.05) is 6.07 Å². The average Bonchev–Trinajstić information content (AvgIpc) is 2.35. The Hall–Kier alpha value is -0.270. The largest absolute Gasteiger partial charge is 0.325 e. The number of aryl methyl sites for hydroxylation is 1. The Bertz CT molecular complexity index is 419. The summed E-state index contributed by atoms with van der Waals surface area (Å²) in [6.45, 7) is 2.97. The minimum atomic E-state index is -0.0623. The number of amides is 1. The molecule has 1 saturated heterocycles. The molecule has 17 heavy (non-hydrogen) atoms. The van der Waals surface area contributed by atoms with Crippen LogP contribution in [0.4, 0.5) is 5.69 Å². The van der Waals surface area contributed by atoms with Crippen molar-refractivity contribution in [2.45, 2.75) is 13.0 Å². The van der Waals surface area contributed by atoms with E-state index in [1.165, 1.54) is 9.13 Å². The lowest BCUT2D eigenvalue weighted by Gasteiger charge is -2.22. The fourth-order valence-electron chi connectivity index (χ4n) is 1.63. The van der Waals surface area contributed by atoms with Crippen LogP contribution in [0.3, 0.4) is 0 Å². The molecule has 1 fully saturated rings. The first-order valence-corrected chi connectivity index (χ1v) is 7.78. The molecule has 0 aliphatic carbocycles. The molecule has 92 valence electrons. The van der Waals surface area contributed by atoms with Crippen LogP contribution in [0.25, 0.3) is 0 Å². The Kier molecular flexibility index (Phi) is 4.69. The van der Waals surface area contributed by atoms with Gasteiger partial charge in [0.2, 0.25) is 5.91 Å². The minimum Gasteiger partial charge on any atom is -0.325 e. The molecule has 1 atom stereocenters. The molecule has 0 radical (unpaired) electrons. The van der Waals surface area contributed by atoms with Crippen LogP contribution in [0.15, 0.2) is 18.2 Å². The molecule has 5 heteroatoms. The number of benzene rings is 1. The van der Waals surface area contributed by atoms with Crippen LogP contribution in [0.2, 0.25) is 0 Å². The van der Waals surface area contributed by atoms with Crippen LogP contribution in [0.1, 0.15) is 5.56 Å². The zero-order valence-electron chi connectivity index (χ0n) is 9.63. The van der Waals surface area contributed by atoms with E-state index in [1.807, 2.05) is 30.0 Å². The van der Waals surface area contributed by atoms with Gasteiger partial charge in [0.05, 0.1) is 6.04 Å². The lowest BCUT2D eigenvalue weighted by atomic mass is 10.2. The summed E-state index contributed by atoms with van der Waals surface area (Å²) in [5.74, 6) is 2.01. The molecule has 1 amide bonds. The van der Waals surface area contributed by atoms with Gasteiger partial charge in [-0.25, -0.2) is 0 Å². The number of nitrogens with one attached hydrogen (secondary N) is 2. The number of rotatable bonds is 2. The molecular weight excluding hydrogens is 347 g/mol. The van der Waals surface area contributed by atoms with Crippen LogP contribution in [-0.4, -0.2) is 30.0 Å². The number of thioether (sulfide) groups is 1. The zero-order valence-corrected chi connectivity index (χ0v) is 12.6. The van der Waals surface area contributed by atoms with Crippen molar-refractivity contribution in [3.05, 3.63) is 27.3 Å². The maximum Gasteiger partial charge on any atom is 0.242 e. The van der Waals surface area contributed by atoms with Gasteiger partial charge in [0.15, 0.2) is 0 Å². The number of hydrogen-bond donors (Lipinski definition) is 2. The predicted octanol–water partition coefficient (Wildman–Crippen LogP) is 2.24. The van der Waals surface area contributed by atoms with Crippen molar-refractivity contribution in [1.82, 2.24) is 5.32 Å². The summed E-state index contributed by atoms with van der Waals surface area (Å²) >= 11 is 4.10. The number of halogens is 1. The average molecular weight is 362 g/mol. The van der Waals surface area contributed by atoms with Crippen molar-refractivity contribution >= 4 is 45.9 Å². The second kappa shape index (κ2) is 6.06. The van der Waals surface area contributed by atoms with E-state index < -0.39 is 0 Å². The molecule has 0 saturated carbocycles. The van der Waals surface area contributed by atoms with Crippen LogP contribution in [0.5, 0.6) is 0 Å². The van der Waals surface area contributed by atoms with Gasteiger partial charge in [-0.05, 0) is 47.2 Å². The summed E-state index contributed by atoms with van der Waals surface area (Å²) in [4.78, 5) is 12.0. The van der Waals surface area contributed by atoms with Gasteiger partial charge in [-0.2, -0.15) is 11.8 Å². The van der Waals surface area contributed by atoms with Gasteiger partial charge in [0.1, 0.15) is 0 Å². The van der Waals surface area contributed by atoms with E-state index in [9.17, 15) is 4.79 Å². The summed E-state index contributed by atoms with van der Waals surface area (Å²) in [5.41, 5.74) is 2.11. The van der Waals surface area contributed by atoms with E-state index >= 15 is 0 Å². The maximum atomic E-state index is 12.0. The summed E-state index contributed by atoms with van der Waals surface area (Å²) in [5, 5.41) is 6.19. The molecule has 1 unspecified atom stereocenters. The minimum absolute atomic E-state index is 0.0623. The van der Waals surface area contributed by atoms with Crippen LogP contribution in [-0.2, 0) is 4.79 Å². The highest BCUT2D eigenvalue weighted by Gasteiger charge is 2.20. The normalized spacial score (nSPS) is 20.0. The third kappa shape index (κ3) is 3.59. The molecule has 1 aromatic carbocycles. The van der Waals surface area contributed by atoms with E-state index in [0.717, 1.165) is 23.7 Å². The number of carbonyl (C=O) groups excluding carboxylic acids is 1. The molecule has 0 bridgehead atoms. The molecule has 0 aromatic heterocycles. The summed E-state index contributed by atoms with van der Waals surface area (Å²) in [7, 11) is 0. The SMILES string of the molecule is Cc1ccc(NC(=O)C2CSCCN2)cc1I. The van der Waals surface area contributed by atoms with Gasteiger partial charge in [0, 0.05) is 27.3 Å². The highest BCUT2D eigenvalue weighted by atomic mass is 127. The fraction of sp³-hybridized carbons (Fsp3) is 0.417. The Morgan fingerprint density at radius 2 is 2.41 bits per heavy atom. The lowest BCUT2D eigenvalue weighted by molar-refractivity contribution is -0.117. The van der Waals surface area contributed by atoms with E-state index in [4.69, 9.17) is 0 Å². The molecule has 1 aliphatic rings. The predicted molar refractivity (Wildman–Crippen MR) is 81.6 cm³/mol. The van der Waals surface area contributed by atoms with Crippen LogP contribution >= 0.6 is 34.4 Å². The lowest BCUT2D eigenvalue weighted by Crippen LogP contribution is -2.46. The monoisotopic (exact) mass is 362 g/mol. The van der Waals surface area contributed by atoms with Crippen molar-refractivity contribution in [3.8, 4) is 0 Å². The summed E-state index contributed by atoms with van der Waals surface area (Å²) in [6.07, 6.45) is 0. The van der Waals surface area contributed by atoms with Gasteiger partial charge >= 0.3 is 0 Å². The summed E-state index contributed by atoms with van der Waals surface area (Å²) < 4.78 is 1.17. The van der Waals surface area contributed by atoms with Crippen molar-refractivity contribution in [2.24, 2.45) is 0 Å². The van der Waals surface area contributed by atoms with Crippen LogP contribution < -0.4 is 10.6 Å². The topological polar surface area (TPSA) is 41.1 Å². The highest BCUT2D eigenvalue weighted by Crippen LogP contribution is 2.18. The van der Waals surface area contributed by atoms with Crippen molar-refractivity contribution < 1.29 is 4.79 Å². The Morgan fingerprint density at radius 1 is 1.59 bits per heavy atom. The van der Waals surface area contributed by atoms with Gasteiger partial charge in [-0.3, -0.25) is 4.79 Å². The van der Waals surface area contributed by atoms with Crippen molar-refractivity contribution in [1.29, 1.82) is 0 Å². The second-order valence-corrected chi connectivity index (χ2v) is 6.35. The quantitative estimate of drug-likeness (QED) is 0.793. The van der Waals surface area contributed by atoms with Crippen molar-refractivity contribution in [3.63, 3.8) is 0 Å². The molecule has 1 heterocycles. The molecule has 1 aliphatic heterocycles. The Balaban J connectivity index is 1.99. The second-order valence-electron chi connectivity index (χ2n) is 4.03. The van der Waals surface area contributed by atoms with E-state index in [1.54, 1.807) is 0 Å². The van der Waals surface area contributed by atoms with E-state index in [0.29, 0.717) is 0 Å². The van der Waals surface area contributed by atoms with E-state index in [2.05, 4.69) is 40.1 Å². The molecule has 1 aromatic rings. The summed E-state index contributed by atoms with van der Waals surface area (Å²) in [6, 6.07) is 5.92. The first kappa shape index (κ1) is 13.2. The van der Waals surface area contributed by atoms with Gasteiger partial charge in [0.25, 0.3) is 0 Å². The van der Waals surface area contributed by atoms with Crippen molar-refractivity contribution in [2.75, 3.05) is 23.4 Å². The van der Waals surface area contributed by atoms with E-state index in [-0.39, 0.29) is 11.9 Å². The molecule has 3 nitrogen and oxygen atoms in total. The number of anilines is 1. The smallest absolute Gasteiger partial charge is 0.242 e. The zero-order chi connectivity index (χ0) is 12.3. The highest BCUT2D eigenvalue weighted by molar-refractivity contribution is 14.1. The Morgan fingerprint density at radius 3 is 3.06 bits per heavy atom. The number of carbonyl (C=O) groups is 1. The number of hydrogen-bond acceptors (Lipinski definition) is 3. The molecule has 2 N–H and O–H groups in total.